The predicted octanol–water partition coefficient (Wildman–Crippen LogP) is 1.88. The molecule has 1 aromatic carbocycles. The normalized spacial score (nSPS) is 19.2. The van der Waals surface area contributed by atoms with Crippen LogP contribution in [0.15, 0.2) is 29.2 Å². The number of piperazine rings is 1. The fourth-order valence-electron chi connectivity index (χ4n) is 2.44. The van der Waals surface area contributed by atoms with Crippen molar-refractivity contribution < 1.29 is 31.5 Å². The number of benzene rings is 1. The van der Waals surface area contributed by atoms with Gasteiger partial charge in [0.1, 0.15) is 0 Å². The minimum atomic E-state index is -4.93. The minimum Gasteiger partial charge on any atom is -0.380 e. The molecule has 0 spiro atoms. The van der Waals surface area contributed by atoms with Gasteiger partial charge in [0.05, 0.1) is 11.3 Å². The summed E-state index contributed by atoms with van der Waals surface area (Å²) in [6.45, 7) is 0.320. The summed E-state index contributed by atoms with van der Waals surface area (Å²) < 4.78 is 64.2. The Balaban J connectivity index is 2.00. The van der Waals surface area contributed by atoms with Gasteiger partial charge in [-0.25, -0.2) is 8.42 Å². The van der Waals surface area contributed by atoms with Crippen LogP contribution in [0.4, 0.5) is 13.2 Å². The van der Waals surface area contributed by atoms with Gasteiger partial charge >= 0.3 is 6.18 Å². The first-order valence-corrected chi connectivity index (χ1v) is 9.49. The second kappa shape index (κ2) is 7.34. The number of amides is 1. The molecular weight excluding hydrogens is 397 g/mol. The number of hydrogen-bond donors (Lipinski definition) is 1. The van der Waals surface area contributed by atoms with Crippen LogP contribution in [-0.2, 0) is 14.8 Å². The van der Waals surface area contributed by atoms with Crippen LogP contribution in [0, 0.1) is 0 Å². The Hall–Kier alpha value is -1.36. The SMILES string of the molecule is C[C@@](O)(CC(=O)N1CCN(S(=O)(=O)c2ccc(Cl)cc2)CC1)C(F)(F)F. The molecule has 1 aliphatic rings. The number of alkyl halides is 3. The molecule has 1 atom stereocenters. The molecule has 0 radical (unpaired) electrons. The molecule has 1 N–H and O–H groups in total. The van der Waals surface area contributed by atoms with Crippen LogP contribution < -0.4 is 0 Å². The van der Waals surface area contributed by atoms with Gasteiger partial charge in [-0.3, -0.25) is 4.79 Å². The van der Waals surface area contributed by atoms with Crippen molar-refractivity contribution in [3.63, 3.8) is 0 Å². The van der Waals surface area contributed by atoms with Crippen LogP contribution in [0.5, 0.6) is 0 Å². The molecule has 0 unspecified atom stereocenters. The average molecular weight is 415 g/mol. The molecule has 1 aliphatic heterocycles. The molecule has 0 aliphatic carbocycles. The maximum Gasteiger partial charge on any atom is 0.417 e. The van der Waals surface area contributed by atoms with E-state index >= 15 is 0 Å². The first-order chi connectivity index (χ1) is 11.8. The molecule has 6 nitrogen and oxygen atoms in total. The Labute approximate surface area is 154 Å². The number of rotatable bonds is 4. The molecule has 11 heteroatoms. The number of sulfonamides is 1. The van der Waals surface area contributed by atoms with E-state index in [1.807, 2.05) is 0 Å². The third kappa shape index (κ3) is 4.48. The maximum atomic E-state index is 12.7. The van der Waals surface area contributed by atoms with E-state index in [0.717, 1.165) is 9.21 Å². The van der Waals surface area contributed by atoms with Crippen molar-refractivity contribution in [2.75, 3.05) is 26.2 Å². The number of aliphatic hydroxyl groups is 1. The van der Waals surface area contributed by atoms with Gasteiger partial charge in [-0.15, -0.1) is 0 Å². The molecule has 2 rings (SSSR count). The second-order valence-electron chi connectivity index (χ2n) is 6.19. The Bertz CT molecular complexity index is 758. The molecule has 1 aromatic rings. The Kier molecular flexibility index (Phi) is 5.91. The van der Waals surface area contributed by atoms with Gasteiger partial charge in [-0.1, -0.05) is 11.6 Å². The van der Waals surface area contributed by atoms with Crippen LogP contribution in [0.25, 0.3) is 0 Å². The van der Waals surface area contributed by atoms with Crippen LogP contribution in [0.3, 0.4) is 0 Å². The zero-order valence-electron chi connectivity index (χ0n) is 13.8. The van der Waals surface area contributed by atoms with E-state index in [1.54, 1.807) is 0 Å². The molecule has 0 saturated carbocycles. The van der Waals surface area contributed by atoms with E-state index in [-0.39, 0.29) is 31.1 Å². The number of nitrogens with zero attached hydrogens (tertiary/aromatic N) is 2. The largest absolute Gasteiger partial charge is 0.417 e. The zero-order chi connectivity index (χ0) is 19.8. The average Bonchev–Trinajstić information content (AvgIpc) is 2.54. The van der Waals surface area contributed by atoms with Crippen LogP contribution in [-0.4, -0.2) is 66.6 Å². The maximum absolute atomic E-state index is 12.7. The van der Waals surface area contributed by atoms with E-state index < -0.39 is 34.1 Å². The molecule has 26 heavy (non-hydrogen) atoms. The first-order valence-electron chi connectivity index (χ1n) is 7.67. The molecule has 0 aromatic heterocycles. The number of hydrogen-bond acceptors (Lipinski definition) is 4. The summed E-state index contributed by atoms with van der Waals surface area (Å²) in [4.78, 5) is 13.2. The zero-order valence-corrected chi connectivity index (χ0v) is 15.4. The fraction of sp³-hybridized carbons (Fsp3) is 0.533. The van der Waals surface area contributed by atoms with Gasteiger partial charge < -0.3 is 10.0 Å². The number of carbonyl (C=O) groups excluding carboxylic acids is 1. The van der Waals surface area contributed by atoms with Gasteiger partial charge in [0.25, 0.3) is 0 Å². The van der Waals surface area contributed by atoms with Gasteiger partial charge in [-0.2, -0.15) is 17.5 Å². The second-order valence-corrected chi connectivity index (χ2v) is 8.56. The standard InChI is InChI=1S/C15H18ClF3N2O4S/c1-14(23,15(17,18)19)10-13(22)20-6-8-21(9-7-20)26(24,25)12-4-2-11(16)3-5-12/h2-5,23H,6-10H2,1H3/t14-/m1/s1. The van der Waals surface area contributed by atoms with E-state index in [4.69, 9.17) is 11.6 Å². The number of halogens is 4. The van der Waals surface area contributed by atoms with Crippen LogP contribution >= 0.6 is 11.6 Å². The lowest BCUT2D eigenvalue weighted by Gasteiger charge is -2.35. The highest BCUT2D eigenvalue weighted by Crippen LogP contribution is 2.33. The van der Waals surface area contributed by atoms with Gasteiger partial charge in [0.15, 0.2) is 5.60 Å². The minimum absolute atomic E-state index is 0.0432. The van der Waals surface area contributed by atoms with Crippen molar-refractivity contribution in [3.05, 3.63) is 29.3 Å². The monoisotopic (exact) mass is 414 g/mol. The summed E-state index contributed by atoms with van der Waals surface area (Å²) in [5.41, 5.74) is -3.13. The summed E-state index contributed by atoms with van der Waals surface area (Å²) in [6.07, 6.45) is -6.04. The Morgan fingerprint density at radius 2 is 1.65 bits per heavy atom. The molecule has 1 saturated heterocycles. The highest BCUT2D eigenvalue weighted by molar-refractivity contribution is 7.89. The van der Waals surface area contributed by atoms with Crippen molar-refractivity contribution in [1.82, 2.24) is 9.21 Å². The molecule has 146 valence electrons. The first kappa shape index (κ1) is 20.9. The summed E-state index contributed by atoms with van der Waals surface area (Å²) in [6, 6.07) is 5.59. The van der Waals surface area contributed by atoms with E-state index in [2.05, 4.69) is 0 Å². The van der Waals surface area contributed by atoms with Crippen molar-refractivity contribution in [2.24, 2.45) is 0 Å². The summed E-state index contributed by atoms with van der Waals surface area (Å²) in [5.74, 6) is -0.879. The number of carbonyl (C=O) groups is 1. The van der Waals surface area contributed by atoms with Crippen molar-refractivity contribution in [1.29, 1.82) is 0 Å². The Morgan fingerprint density at radius 1 is 1.15 bits per heavy atom. The summed E-state index contributed by atoms with van der Waals surface area (Å²) in [7, 11) is -3.78. The smallest absolute Gasteiger partial charge is 0.380 e. The van der Waals surface area contributed by atoms with Crippen LogP contribution in [0.1, 0.15) is 13.3 Å². The van der Waals surface area contributed by atoms with Gasteiger partial charge in [-0.05, 0) is 31.2 Å². The summed E-state index contributed by atoms with van der Waals surface area (Å²) in [5, 5.41) is 9.80. The van der Waals surface area contributed by atoms with E-state index in [9.17, 15) is 31.5 Å². The molecule has 1 amide bonds. The van der Waals surface area contributed by atoms with Crippen molar-refractivity contribution in [2.45, 2.75) is 30.0 Å². The lowest BCUT2D eigenvalue weighted by Crippen LogP contribution is -2.53. The van der Waals surface area contributed by atoms with E-state index in [1.165, 1.54) is 24.3 Å². The van der Waals surface area contributed by atoms with Gasteiger partial charge in [0.2, 0.25) is 15.9 Å². The quantitative estimate of drug-likeness (QED) is 0.816. The lowest BCUT2D eigenvalue weighted by atomic mass is 10.0. The molecule has 1 heterocycles. The topological polar surface area (TPSA) is 77.9 Å². The lowest BCUT2D eigenvalue weighted by molar-refractivity contribution is -0.254. The third-order valence-electron chi connectivity index (χ3n) is 4.15. The van der Waals surface area contributed by atoms with Gasteiger partial charge in [0, 0.05) is 31.2 Å². The predicted molar refractivity (Wildman–Crippen MR) is 88.1 cm³/mol. The highest BCUT2D eigenvalue weighted by atomic mass is 35.5. The van der Waals surface area contributed by atoms with Crippen molar-refractivity contribution in [3.8, 4) is 0 Å². The third-order valence-corrected chi connectivity index (χ3v) is 6.31. The Morgan fingerprint density at radius 3 is 2.12 bits per heavy atom. The van der Waals surface area contributed by atoms with Crippen LogP contribution in [0.2, 0.25) is 5.02 Å². The summed E-state index contributed by atoms with van der Waals surface area (Å²) >= 11 is 5.73. The fourth-order valence-corrected chi connectivity index (χ4v) is 3.99. The molecular formula is C15H18ClF3N2O4S. The highest BCUT2D eigenvalue weighted by Gasteiger charge is 2.51. The van der Waals surface area contributed by atoms with Crippen molar-refractivity contribution >= 4 is 27.5 Å². The van der Waals surface area contributed by atoms with E-state index in [0.29, 0.717) is 11.9 Å². The molecule has 1 fully saturated rings. The molecule has 0 bridgehead atoms.